The highest BCUT2D eigenvalue weighted by Gasteiger charge is 2.38. The van der Waals surface area contributed by atoms with E-state index in [1.54, 1.807) is 12.1 Å². The first kappa shape index (κ1) is 15.5. The van der Waals surface area contributed by atoms with Crippen LogP contribution in [0.4, 0.5) is 0 Å². The van der Waals surface area contributed by atoms with Gasteiger partial charge in [0.05, 0.1) is 11.6 Å². The number of ketones is 2. The molecule has 1 heterocycles. The molecular weight excluding hydrogens is 312 g/mol. The molecular formula is C21H18N2O2. The van der Waals surface area contributed by atoms with E-state index in [0.29, 0.717) is 12.0 Å². The van der Waals surface area contributed by atoms with Gasteiger partial charge in [0, 0.05) is 23.2 Å². The van der Waals surface area contributed by atoms with Crippen LogP contribution in [0.1, 0.15) is 40.0 Å². The Bertz CT molecular complexity index is 954. The third kappa shape index (κ3) is 2.70. The van der Waals surface area contributed by atoms with E-state index in [1.807, 2.05) is 18.2 Å². The van der Waals surface area contributed by atoms with E-state index in [0.717, 1.165) is 28.9 Å². The molecule has 1 aliphatic rings. The number of nitrogens with zero attached hydrogens (tertiary/aromatic N) is 1. The van der Waals surface area contributed by atoms with Crippen molar-refractivity contribution in [3.8, 4) is 11.3 Å². The Morgan fingerprint density at radius 3 is 2.56 bits per heavy atom. The lowest BCUT2D eigenvalue weighted by Crippen LogP contribution is -2.14. The van der Waals surface area contributed by atoms with Gasteiger partial charge in [-0.15, -0.1) is 0 Å². The van der Waals surface area contributed by atoms with Crippen LogP contribution in [0, 0.1) is 0 Å². The molecule has 0 radical (unpaired) electrons. The Balaban J connectivity index is 1.59. The van der Waals surface area contributed by atoms with Crippen LogP contribution in [0.5, 0.6) is 0 Å². The Hall–Kier alpha value is -3.01. The topological polar surface area (TPSA) is 62.8 Å². The number of carbonyl (C=O) groups excluding carboxylic acids is 2. The number of Topliss-reactive ketones (excluding diaryl/α,β-unsaturated/α-hetero) is 2. The predicted molar refractivity (Wildman–Crippen MR) is 95.6 cm³/mol. The largest absolute Gasteiger partial charge is 0.290 e. The Morgan fingerprint density at radius 1 is 1.04 bits per heavy atom. The number of aryl methyl sites for hydroxylation is 1. The minimum atomic E-state index is -0.417. The van der Waals surface area contributed by atoms with Crippen molar-refractivity contribution in [1.29, 1.82) is 0 Å². The number of carbonyl (C=O) groups is 2. The molecule has 0 spiro atoms. The van der Waals surface area contributed by atoms with Crippen molar-refractivity contribution in [2.45, 2.75) is 25.7 Å². The van der Waals surface area contributed by atoms with E-state index in [9.17, 15) is 9.59 Å². The van der Waals surface area contributed by atoms with Gasteiger partial charge in [-0.3, -0.25) is 14.7 Å². The average molecular weight is 330 g/mol. The quantitative estimate of drug-likeness (QED) is 0.741. The molecule has 2 aromatic carbocycles. The fourth-order valence-corrected chi connectivity index (χ4v) is 3.39. The van der Waals surface area contributed by atoms with Gasteiger partial charge in [-0.1, -0.05) is 55.5 Å². The third-order valence-electron chi connectivity index (χ3n) is 4.83. The van der Waals surface area contributed by atoms with Gasteiger partial charge in [0.2, 0.25) is 11.6 Å². The van der Waals surface area contributed by atoms with Crippen molar-refractivity contribution < 1.29 is 9.59 Å². The summed E-state index contributed by atoms with van der Waals surface area (Å²) >= 11 is 0. The molecule has 4 nitrogen and oxygen atoms in total. The van der Waals surface area contributed by atoms with E-state index in [1.165, 1.54) is 5.56 Å². The number of aromatic nitrogens is 2. The highest BCUT2D eigenvalue weighted by Crippen LogP contribution is 2.33. The maximum atomic E-state index is 12.3. The maximum absolute atomic E-state index is 12.3. The molecule has 1 atom stereocenters. The van der Waals surface area contributed by atoms with Crippen LogP contribution in [0.25, 0.3) is 11.3 Å². The van der Waals surface area contributed by atoms with E-state index in [4.69, 9.17) is 0 Å². The van der Waals surface area contributed by atoms with Gasteiger partial charge in [0.25, 0.3) is 0 Å². The highest BCUT2D eigenvalue weighted by atomic mass is 16.2. The van der Waals surface area contributed by atoms with Gasteiger partial charge >= 0.3 is 0 Å². The summed E-state index contributed by atoms with van der Waals surface area (Å²) in [4.78, 5) is 24.4. The molecule has 0 fully saturated rings. The molecule has 0 bridgehead atoms. The summed E-state index contributed by atoms with van der Waals surface area (Å²) < 4.78 is 0. The lowest BCUT2D eigenvalue weighted by atomic mass is 9.95. The van der Waals surface area contributed by atoms with Crippen molar-refractivity contribution in [3.63, 3.8) is 0 Å². The normalized spacial score (nSPS) is 16.3. The number of aromatic amines is 1. The Kier molecular flexibility index (Phi) is 3.80. The molecule has 0 saturated carbocycles. The average Bonchev–Trinajstić information content (AvgIpc) is 3.22. The smallest absolute Gasteiger partial charge is 0.229 e. The fraction of sp³-hybridized carbons (Fsp3) is 0.190. The maximum Gasteiger partial charge on any atom is 0.229 e. The molecule has 4 rings (SSSR count). The number of nitrogens with one attached hydrogen (secondary N) is 1. The van der Waals surface area contributed by atoms with Crippen molar-refractivity contribution in [3.05, 3.63) is 77.0 Å². The molecule has 25 heavy (non-hydrogen) atoms. The molecule has 0 aliphatic heterocycles. The number of rotatable bonds is 4. The first-order valence-corrected chi connectivity index (χ1v) is 8.48. The van der Waals surface area contributed by atoms with E-state index in [2.05, 4.69) is 41.4 Å². The lowest BCUT2D eigenvalue weighted by Gasteiger charge is -2.07. The number of benzene rings is 2. The second-order valence-corrected chi connectivity index (χ2v) is 6.37. The second kappa shape index (κ2) is 6.13. The van der Waals surface area contributed by atoms with Crippen molar-refractivity contribution >= 4 is 11.6 Å². The molecule has 124 valence electrons. The van der Waals surface area contributed by atoms with Gasteiger partial charge < -0.3 is 0 Å². The van der Waals surface area contributed by atoms with E-state index < -0.39 is 5.92 Å². The molecule has 0 amide bonds. The third-order valence-corrected chi connectivity index (χ3v) is 4.83. The van der Waals surface area contributed by atoms with Gasteiger partial charge in [-0.05, 0) is 23.6 Å². The molecule has 3 aromatic rings. The van der Waals surface area contributed by atoms with Gasteiger partial charge in [0.15, 0.2) is 0 Å². The summed E-state index contributed by atoms with van der Waals surface area (Å²) in [7, 11) is 0. The molecule has 1 unspecified atom stereocenters. The zero-order chi connectivity index (χ0) is 17.4. The van der Waals surface area contributed by atoms with Gasteiger partial charge in [0.1, 0.15) is 0 Å². The Morgan fingerprint density at radius 2 is 1.80 bits per heavy atom. The van der Waals surface area contributed by atoms with Crippen LogP contribution in [0.15, 0.2) is 54.6 Å². The van der Waals surface area contributed by atoms with Gasteiger partial charge in [-0.25, -0.2) is 0 Å². The number of H-pyrrole nitrogens is 1. The van der Waals surface area contributed by atoms with Crippen LogP contribution in [0.2, 0.25) is 0 Å². The van der Waals surface area contributed by atoms with E-state index in [-0.39, 0.29) is 11.6 Å². The first-order valence-electron chi connectivity index (χ1n) is 8.48. The van der Waals surface area contributed by atoms with Crippen molar-refractivity contribution in [2.75, 3.05) is 0 Å². The summed E-state index contributed by atoms with van der Waals surface area (Å²) in [6.07, 6.45) is 1.46. The number of hydrogen-bond acceptors (Lipinski definition) is 3. The highest BCUT2D eigenvalue weighted by molar-refractivity contribution is 6.48. The summed E-state index contributed by atoms with van der Waals surface area (Å²) in [5.41, 5.74) is 5.38. The molecule has 4 heteroatoms. The van der Waals surface area contributed by atoms with Crippen LogP contribution in [0.3, 0.4) is 0 Å². The molecule has 1 aliphatic carbocycles. The zero-order valence-electron chi connectivity index (χ0n) is 14.0. The molecule has 0 saturated heterocycles. The number of hydrogen-bond donors (Lipinski definition) is 1. The second-order valence-electron chi connectivity index (χ2n) is 6.37. The van der Waals surface area contributed by atoms with Crippen LogP contribution < -0.4 is 0 Å². The first-order chi connectivity index (χ1) is 12.2. The zero-order valence-corrected chi connectivity index (χ0v) is 14.0. The van der Waals surface area contributed by atoms with Crippen LogP contribution in [-0.2, 0) is 17.6 Å². The minimum absolute atomic E-state index is 0.329. The standard InChI is InChI=1S/C21H18N2O2/c1-2-13-7-9-14(10-8-13)19-12-15(22-23-19)11-18-16-5-3-4-6-17(16)20(24)21(18)25/h3-10,12,18H,2,11H2,1H3,(H,22,23). The van der Waals surface area contributed by atoms with Crippen LogP contribution >= 0.6 is 0 Å². The van der Waals surface area contributed by atoms with Crippen LogP contribution in [-0.4, -0.2) is 21.8 Å². The summed E-state index contributed by atoms with van der Waals surface area (Å²) in [5.74, 6) is -1.13. The lowest BCUT2D eigenvalue weighted by molar-refractivity contribution is -0.115. The monoisotopic (exact) mass is 330 g/mol. The van der Waals surface area contributed by atoms with Gasteiger partial charge in [-0.2, -0.15) is 5.10 Å². The van der Waals surface area contributed by atoms with Crippen molar-refractivity contribution in [1.82, 2.24) is 10.2 Å². The fourth-order valence-electron chi connectivity index (χ4n) is 3.39. The van der Waals surface area contributed by atoms with E-state index >= 15 is 0 Å². The summed E-state index contributed by atoms with van der Waals surface area (Å²) in [5, 5.41) is 7.38. The Labute approximate surface area is 145 Å². The molecule has 1 N–H and O–H groups in total. The summed E-state index contributed by atoms with van der Waals surface area (Å²) in [6.45, 7) is 2.12. The number of fused-ring (bicyclic) bond motifs is 1. The summed E-state index contributed by atoms with van der Waals surface area (Å²) in [6, 6.07) is 17.5. The SMILES string of the molecule is CCc1ccc(-c2cc(CC3C(=O)C(=O)c4ccccc43)[nH]n2)cc1. The minimum Gasteiger partial charge on any atom is -0.290 e. The molecule has 1 aromatic heterocycles. The van der Waals surface area contributed by atoms with Crippen molar-refractivity contribution in [2.24, 2.45) is 0 Å². The predicted octanol–water partition coefficient (Wildman–Crippen LogP) is 3.73.